The molecule has 2 N–H and O–H groups in total. The molecule has 0 bridgehead atoms. The van der Waals surface area contributed by atoms with Gasteiger partial charge in [0.25, 0.3) is 5.91 Å². The first kappa shape index (κ1) is 36.4. The zero-order valence-corrected chi connectivity index (χ0v) is 29.8. The number of hydrogen-bond acceptors (Lipinski definition) is 8. The van der Waals surface area contributed by atoms with Gasteiger partial charge in [0.15, 0.2) is 5.17 Å². The Balaban J connectivity index is 0.00000239. The van der Waals surface area contributed by atoms with Crippen molar-refractivity contribution < 1.29 is 18.0 Å². The average Bonchev–Trinajstić information content (AvgIpc) is 3.42. The van der Waals surface area contributed by atoms with Gasteiger partial charge in [0.05, 0.1) is 52.3 Å². The molecular weight excluding hydrogens is 678 g/mol. The van der Waals surface area contributed by atoms with Crippen LogP contribution in [0.4, 0.5) is 35.9 Å². The van der Waals surface area contributed by atoms with Gasteiger partial charge < -0.3 is 15.5 Å². The predicted molar refractivity (Wildman–Crippen MR) is 200 cm³/mol. The molecule has 0 radical (unpaired) electrons. The topological polar surface area (TPSA) is 83.8 Å². The molecule has 0 saturated carbocycles. The third-order valence-electron chi connectivity index (χ3n) is 7.77. The van der Waals surface area contributed by atoms with Gasteiger partial charge in [0.1, 0.15) is 0 Å². The fraction of sp³-hybridized carbons (Fsp3) is 0.237. The van der Waals surface area contributed by atoms with Crippen LogP contribution in [-0.2, 0) is 24.1 Å². The van der Waals surface area contributed by atoms with Gasteiger partial charge in [-0.05, 0) is 78.3 Å². The van der Waals surface area contributed by atoms with Gasteiger partial charge in [-0.1, -0.05) is 68.1 Å². The van der Waals surface area contributed by atoms with E-state index in [1.165, 1.54) is 35.7 Å². The van der Waals surface area contributed by atoms with Crippen LogP contribution in [0.1, 0.15) is 43.0 Å². The summed E-state index contributed by atoms with van der Waals surface area (Å²) in [6.07, 6.45) is -4.37. The number of amides is 1. The first-order valence-corrected chi connectivity index (χ1v) is 17.8. The van der Waals surface area contributed by atoms with Gasteiger partial charge in [-0.15, -0.1) is 0 Å². The lowest BCUT2D eigenvalue weighted by Gasteiger charge is -2.30. The Morgan fingerprint density at radius 3 is 2.34 bits per heavy atom. The minimum Gasteiger partial charge on any atom is -0.384 e. The molecule has 2 aliphatic rings. The van der Waals surface area contributed by atoms with E-state index in [0.29, 0.717) is 47.5 Å². The van der Waals surface area contributed by atoms with E-state index in [-0.39, 0.29) is 5.91 Å². The smallest absolute Gasteiger partial charge is 0.384 e. The summed E-state index contributed by atoms with van der Waals surface area (Å²) in [7, 11) is 1.98. The predicted octanol–water partition coefficient (Wildman–Crippen LogP) is 9.86. The van der Waals surface area contributed by atoms with Crippen LogP contribution >= 0.6 is 23.5 Å². The van der Waals surface area contributed by atoms with E-state index in [0.717, 1.165) is 50.1 Å². The molecule has 0 spiro atoms. The highest BCUT2D eigenvalue weighted by molar-refractivity contribution is 8.19. The summed E-state index contributed by atoms with van der Waals surface area (Å²) < 4.78 is 38.9. The number of hydrogen-bond donors (Lipinski definition) is 2. The van der Waals surface area contributed by atoms with Crippen LogP contribution in [-0.4, -0.2) is 36.1 Å². The third kappa shape index (κ3) is 8.46. The van der Waals surface area contributed by atoms with Crippen molar-refractivity contribution in [2.45, 2.75) is 44.9 Å². The SMILES string of the molecule is CC.CCNc1ccc(C#N)cc1N=C1S/C(=C2/CN(C)c3ccc(NCc4ccc(C(F)(F)F)cc4)cc3S2)C(=O)N1Cc1ccccc1. The van der Waals surface area contributed by atoms with Crippen molar-refractivity contribution in [3.63, 3.8) is 0 Å². The molecule has 0 aromatic heterocycles. The van der Waals surface area contributed by atoms with E-state index < -0.39 is 11.7 Å². The number of amidine groups is 1. The van der Waals surface area contributed by atoms with Gasteiger partial charge >= 0.3 is 6.18 Å². The zero-order chi connectivity index (χ0) is 35.8. The summed E-state index contributed by atoms with van der Waals surface area (Å²) in [5.41, 5.74) is 4.67. The van der Waals surface area contributed by atoms with Crippen molar-refractivity contribution in [2.24, 2.45) is 4.99 Å². The highest BCUT2D eigenvalue weighted by Gasteiger charge is 2.37. The number of fused-ring (bicyclic) bond motifs is 1. The van der Waals surface area contributed by atoms with Gasteiger partial charge in [-0.3, -0.25) is 9.69 Å². The van der Waals surface area contributed by atoms with E-state index >= 15 is 0 Å². The zero-order valence-electron chi connectivity index (χ0n) is 28.1. The summed E-state index contributed by atoms with van der Waals surface area (Å²) in [5.74, 6) is -0.139. The highest BCUT2D eigenvalue weighted by atomic mass is 32.2. The molecule has 0 unspecified atom stereocenters. The lowest BCUT2D eigenvalue weighted by molar-refractivity contribution is -0.137. The van der Waals surface area contributed by atoms with E-state index in [2.05, 4.69) is 21.6 Å². The molecule has 1 fully saturated rings. The quantitative estimate of drug-likeness (QED) is 0.176. The molecule has 4 aromatic rings. The Morgan fingerprint density at radius 2 is 1.66 bits per heavy atom. The second-order valence-electron chi connectivity index (χ2n) is 11.2. The summed E-state index contributed by atoms with van der Waals surface area (Å²) in [4.78, 5) is 25.3. The van der Waals surface area contributed by atoms with E-state index in [1.807, 2.05) is 82.4 Å². The second kappa shape index (κ2) is 16.2. The number of nitrogens with one attached hydrogen (secondary N) is 2. The maximum Gasteiger partial charge on any atom is 0.416 e. The van der Waals surface area contributed by atoms with E-state index in [4.69, 9.17) is 4.99 Å². The van der Waals surface area contributed by atoms with Crippen molar-refractivity contribution in [3.8, 4) is 6.07 Å². The van der Waals surface area contributed by atoms with Crippen LogP contribution in [0.5, 0.6) is 0 Å². The molecular formula is C38H37F3N6OS2. The maximum absolute atomic E-state index is 14.2. The summed E-state index contributed by atoms with van der Waals surface area (Å²) >= 11 is 2.86. The van der Waals surface area contributed by atoms with Crippen LogP contribution in [0.3, 0.4) is 0 Å². The Bertz CT molecular complexity index is 1940. The second-order valence-corrected chi connectivity index (χ2v) is 13.3. The number of halogens is 3. The minimum absolute atomic E-state index is 0.139. The summed E-state index contributed by atoms with van der Waals surface area (Å²) in [6.45, 7) is 7.88. The fourth-order valence-corrected chi connectivity index (χ4v) is 7.75. The lowest BCUT2D eigenvalue weighted by atomic mass is 10.1. The van der Waals surface area contributed by atoms with Crippen LogP contribution in [0.2, 0.25) is 0 Å². The number of thioether (sulfide) groups is 2. The number of likely N-dealkylation sites (N-methyl/N-ethyl adjacent to an activating group) is 1. The molecule has 50 heavy (non-hydrogen) atoms. The minimum atomic E-state index is -4.37. The van der Waals surface area contributed by atoms with Gasteiger partial charge in [-0.2, -0.15) is 18.4 Å². The molecule has 7 nitrogen and oxygen atoms in total. The number of anilines is 3. The van der Waals surface area contributed by atoms with E-state index in [9.17, 15) is 23.2 Å². The van der Waals surface area contributed by atoms with Crippen molar-refractivity contribution in [1.29, 1.82) is 5.26 Å². The standard InChI is InChI=1S/C36H31F3N6OS2.C2H6/c1-3-41-28-15-11-25(19-40)17-29(28)43-35-45(21-24-7-5-4-6-8-24)34(46)33(48-35)32-22-44(2)30-16-14-27(18-31(30)47-32)42-20-23-9-12-26(13-10-23)36(37,38)39;1-2/h4-18,41-42H,3,20-22H2,1-2H3;1-2H3/b33-32-,43-35?;. The first-order valence-electron chi connectivity index (χ1n) is 16.2. The van der Waals surface area contributed by atoms with Crippen molar-refractivity contribution in [3.05, 3.63) is 123 Å². The molecule has 258 valence electrons. The number of nitriles is 1. The number of carbonyl (C=O) groups excluding carboxylic acids is 1. The van der Waals surface area contributed by atoms with Crippen molar-refractivity contribution >= 4 is 57.3 Å². The Labute approximate surface area is 299 Å². The van der Waals surface area contributed by atoms with Gasteiger partial charge in [-0.25, -0.2) is 4.99 Å². The molecule has 2 aliphatic heterocycles. The summed E-state index contributed by atoms with van der Waals surface area (Å²) in [6, 6.07) is 28.3. The first-order chi connectivity index (χ1) is 24.1. The number of rotatable bonds is 8. The molecule has 12 heteroatoms. The molecule has 1 amide bonds. The lowest BCUT2D eigenvalue weighted by Crippen LogP contribution is -2.29. The Kier molecular flexibility index (Phi) is 11.8. The normalized spacial score (nSPS) is 16.4. The number of alkyl halides is 3. The average molecular weight is 715 g/mol. The molecule has 0 aliphatic carbocycles. The van der Waals surface area contributed by atoms with Crippen LogP contribution < -0.4 is 15.5 Å². The third-order valence-corrected chi connectivity index (χ3v) is 10.1. The van der Waals surface area contributed by atoms with Crippen LogP contribution in [0.15, 0.2) is 111 Å². The number of aliphatic imine (C=N–C) groups is 1. The van der Waals surface area contributed by atoms with Crippen LogP contribution in [0.25, 0.3) is 0 Å². The highest BCUT2D eigenvalue weighted by Crippen LogP contribution is 2.47. The number of benzene rings is 4. The van der Waals surface area contributed by atoms with E-state index in [1.54, 1.807) is 17.0 Å². The molecule has 0 atom stereocenters. The summed E-state index contributed by atoms with van der Waals surface area (Å²) in [5, 5.41) is 16.7. The fourth-order valence-electron chi connectivity index (χ4n) is 5.32. The number of carbonyl (C=O) groups is 1. The Hall–Kier alpha value is -4.86. The molecule has 2 heterocycles. The molecule has 1 saturated heterocycles. The van der Waals surface area contributed by atoms with Gasteiger partial charge in [0.2, 0.25) is 0 Å². The monoisotopic (exact) mass is 714 g/mol. The van der Waals surface area contributed by atoms with Crippen LogP contribution in [0, 0.1) is 11.3 Å². The largest absolute Gasteiger partial charge is 0.416 e. The van der Waals surface area contributed by atoms with Crippen molar-refractivity contribution in [1.82, 2.24) is 4.90 Å². The van der Waals surface area contributed by atoms with Crippen molar-refractivity contribution in [2.75, 3.05) is 35.7 Å². The molecule has 6 rings (SSSR count). The Morgan fingerprint density at radius 1 is 0.920 bits per heavy atom. The molecule has 4 aromatic carbocycles. The number of nitrogens with zero attached hydrogens (tertiary/aromatic N) is 4. The maximum atomic E-state index is 14.2. The van der Waals surface area contributed by atoms with Gasteiger partial charge in [0, 0.05) is 35.6 Å².